The molecule has 0 aliphatic rings. The molecule has 2 aromatic rings. The zero-order valence-corrected chi connectivity index (χ0v) is 17.4. The lowest BCUT2D eigenvalue weighted by Crippen LogP contribution is -2.34. The van der Waals surface area contributed by atoms with Crippen LogP contribution in [0, 0.1) is 0 Å². The molecule has 0 radical (unpaired) electrons. The van der Waals surface area contributed by atoms with Crippen molar-refractivity contribution in [3.05, 3.63) is 54.1 Å². The van der Waals surface area contributed by atoms with E-state index in [2.05, 4.69) is 0 Å². The molecule has 2 rings (SSSR count). The number of amides is 1. The summed E-state index contributed by atoms with van der Waals surface area (Å²) in [6.45, 7) is 3.21. The highest BCUT2D eigenvalue weighted by atomic mass is 32.2. The van der Waals surface area contributed by atoms with E-state index in [0.717, 1.165) is 12.1 Å². The van der Waals surface area contributed by atoms with Crippen LogP contribution in [0.5, 0.6) is 11.5 Å². The maximum atomic E-state index is 12.5. The maximum Gasteiger partial charge on any atom is 0.339 e. The smallest absolute Gasteiger partial charge is 0.339 e. The van der Waals surface area contributed by atoms with Crippen LogP contribution in [-0.4, -0.2) is 58.4 Å². The Morgan fingerprint density at radius 3 is 2.25 bits per heavy atom. The van der Waals surface area contributed by atoms with E-state index in [-0.39, 0.29) is 16.6 Å². The van der Waals surface area contributed by atoms with Crippen molar-refractivity contribution < 1.29 is 22.1 Å². The molecule has 0 unspecified atom stereocenters. The van der Waals surface area contributed by atoms with Crippen molar-refractivity contribution in [3.63, 3.8) is 0 Å². The predicted octanol–water partition coefficient (Wildman–Crippen LogP) is 2.37. The zero-order valence-electron chi connectivity index (χ0n) is 16.6. The van der Waals surface area contributed by atoms with Gasteiger partial charge >= 0.3 is 10.1 Å². The van der Waals surface area contributed by atoms with E-state index in [1.165, 1.54) is 26.2 Å². The Balaban J connectivity index is 2.13. The van der Waals surface area contributed by atoms with Crippen molar-refractivity contribution in [2.45, 2.75) is 18.4 Å². The van der Waals surface area contributed by atoms with Crippen LogP contribution < -0.4 is 8.92 Å². The van der Waals surface area contributed by atoms with Gasteiger partial charge < -0.3 is 18.7 Å². The van der Waals surface area contributed by atoms with E-state index in [0.29, 0.717) is 18.8 Å². The molecule has 28 heavy (non-hydrogen) atoms. The number of ether oxygens (including phenoxy) is 1. The Bertz CT molecular complexity index is 895. The second-order valence-electron chi connectivity index (χ2n) is 6.60. The van der Waals surface area contributed by atoms with Gasteiger partial charge in [0.2, 0.25) is 5.91 Å². The first-order valence-corrected chi connectivity index (χ1v) is 10.2. The number of likely N-dealkylation sites (N-methyl/N-ethyl adjacent to an activating group) is 1. The molecule has 0 atom stereocenters. The third kappa shape index (κ3) is 6.24. The fourth-order valence-electron chi connectivity index (χ4n) is 2.50. The van der Waals surface area contributed by atoms with Crippen molar-refractivity contribution in [1.82, 2.24) is 9.80 Å². The Morgan fingerprint density at radius 1 is 1.00 bits per heavy atom. The Morgan fingerprint density at radius 2 is 1.68 bits per heavy atom. The van der Waals surface area contributed by atoms with Crippen LogP contribution in [0.2, 0.25) is 0 Å². The molecule has 0 saturated carbocycles. The van der Waals surface area contributed by atoms with Crippen LogP contribution in [-0.2, 0) is 21.5 Å². The topological polar surface area (TPSA) is 76.2 Å². The number of carbonyl (C=O) groups is 1. The summed E-state index contributed by atoms with van der Waals surface area (Å²) in [4.78, 5) is 15.6. The molecule has 7 nitrogen and oxygen atoms in total. The lowest BCUT2D eigenvalue weighted by atomic mass is 10.2. The summed E-state index contributed by atoms with van der Waals surface area (Å²) in [5.74, 6) is 0.714. The van der Waals surface area contributed by atoms with Crippen molar-refractivity contribution in [1.29, 1.82) is 0 Å². The molecule has 152 valence electrons. The number of hydrogen-bond acceptors (Lipinski definition) is 6. The Hall–Kier alpha value is -2.58. The van der Waals surface area contributed by atoms with E-state index >= 15 is 0 Å². The summed E-state index contributed by atoms with van der Waals surface area (Å²) in [7, 11) is 1.43. The molecule has 1 amide bonds. The maximum absolute atomic E-state index is 12.5. The number of rotatable bonds is 9. The first-order chi connectivity index (χ1) is 13.2. The number of benzene rings is 2. The minimum absolute atomic E-state index is 0.0371. The molecular formula is C20H26N2O5S. The van der Waals surface area contributed by atoms with Crippen molar-refractivity contribution in [2.24, 2.45) is 0 Å². The molecule has 0 saturated heterocycles. The Kier molecular flexibility index (Phi) is 7.42. The molecule has 0 spiro atoms. The van der Waals surface area contributed by atoms with Gasteiger partial charge in [-0.05, 0) is 56.1 Å². The molecule has 0 aliphatic carbocycles. The minimum Gasteiger partial charge on any atom is -0.497 e. The van der Waals surface area contributed by atoms with Crippen molar-refractivity contribution in [3.8, 4) is 11.5 Å². The van der Waals surface area contributed by atoms with Crippen LogP contribution in [0.1, 0.15) is 12.5 Å². The SMILES string of the molecule is COc1ccc(S(=O)(=O)Oc2cccc(CN(CCN(C)C)C(C)=O)c2)cc1. The predicted molar refractivity (Wildman–Crippen MR) is 107 cm³/mol. The quantitative estimate of drug-likeness (QED) is 0.595. The molecule has 8 heteroatoms. The standard InChI is InChI=1S/C20H26N2O5S/c1-16(23)22(13-12-21(2)3)15-17-6-5-7-19(14-17)27-28(24,25)20-10-8-18(26-4)9-11-20/h5-11,14H,12-13,15H2,1-4H3. The Labute approximate surface area is 166 Å². The van der Waals surface area contributed by atoms with Crippen LogP contribution in [0.15, 0.2) is 53.4 Å². The third-order valence-electron chi connectivity index (χ3n) is 4.09. The summed E-state index contributed by atoms with van der Waals surface area (Å²) in [6, 6.07) is 12.7. The highest BCUT2D eigenvalue weighted by Crippen LogP contribution is 2.22. The molecular weight excluding hydrogens is 380 g/mol. The van der Waals surface area contributed by atoms with E-state index in [1.54, 1.807) is 35.2 Å². The number of hydrogen-bond donors (Lipinski definition) is 0. The minimum atomic E-state index is -3.96. The molecule has 0 aliphatic heterocycles. The zero-order chi connectivity index (χ0) is 20.7. The van der Waals surface area contributed by atoms with E-state index in [1.807, 2.05) is 25.1 Å². The normalized spacial score (nSPS) is 11.3. The summed E-state index contributed by atoms with van der Waals surface area (Å²) in [5.41, 5.74) is 0.788. The summed E-state index contributed by atoms with van der Waals surface area (Å²) in [5, 5.41) is 0. The summed E-state index contributed by atoms with van der Waals surface area (Å²) < 4.78 is 35.3. The highest BCUT2D eigenvalue weighted by Gasteiger charge is 2.17. The molecule has 0 aromatic heterocycles. The lowest BCUT2D eigenvalue weighted by Gasteiger charge is -2.23. The van der Waals surface area contributed by atoms with E-state index in [9.17, 15) is 13.2 Å². The van der Waals surface area contributed by atoms with Crippen LogP contribution in [0.3, 0.4) is 0 Å². The highest BCUT2D eigenvalue weighted by molar-refractivity contribution is 7.87. The van der Waals surface area contributed by atoms with Crippen LogP contribution in [0.4, 0.5) is 0 Å². The molecule has 0 heterocycles. The van der Waals surface area contributed by atoms with Gasteiger partial charge in [0.15, 0.2) is 0 Å². The summed E-state index contributed by atoms with van der Waals surface area (Å²) >= 11 is 0. The van der Waals surface area contributed by atoms with Gasteiger partial charge in [0.05, 0.1) is 7.11 Å². The third-order valence-corrected chi connectivity index (χ3v) is 5.35. The van der Waals surface area contributed by atoms with Gasteiger partial charge in [-0.15, -0.1) is 0 Å². The van der Waals surface area contributed by atoms with Gasteiger partial charge in [-0.2, -0.15) is 8.42 Å². The molecule has 0 N–H and O–H groups in total. The number of methoxy groups -OCH3 is 1. The van der Waals surface area contributed by atoms with Crippen LogP contribution in [0.25, 0.3) is 0 Å². The fraction of sp³-hybridized carbons (Fsp3) is 0.350. The molecule has 0 fully saturated rings. The molecule has 0 bridgehead atoms. The second-order valence-corrected chi connectivity index (χ2v) is 8.15. The second kappa shape index (κ2) is 9.57. The lowest BCUT2D eigenvalue weighted by molar-refractivity contribution is -0.129. The van der Waals surface area contributed by atoms with Gasteiger partial charge in [0, 0.05) is 26.6 Å². The van der Waals surface area contributed by atoms with E-state index < -0.39 is 10.1 Å². The van der Waals surface area contributed by atoms with Gasteiger partial charge in [-0.3, -0.25) is 4.79 Å². The van der Waals surface area contributed by atoms with E-state index in [4.69, 9.17) is 8.92 Å². The van der Waals surface area contributed by atoms with Gasteiger partial charge in [0.25, 0.3) is 0 Å². The molecule has 2 aromatic carbocycles. The van der Waals surface area contributed by atoms with Crippen LogP contribution >= 0.6 is 0 Å². The first kappa shape index (κ1) is 21.7. The monoisotopic (exact) mass is 406 g/mol. The number of carbonyl (C=O) groups excluding carboxylic acids is 1. The average Bonchev–Trinajstić information content (AvgIpc) is 2.64. The van der Waals surface area contributed by atoms with Crippen molar-refractivity contribution >= 4 is 16.0 Å². The fourth-order valence-corrected chi connectivity index (χ4v) is 3.42. The van der Waals surface area contributed by atoms with Crippen molar-refractivity contribution in [2.75, 3.05) is 34.3 Å². The number of nitrogens with zero attached hydrogens (tertiary/aromatic N) is 2. The summed E-state index contributed by atoms with van der Waals surface area (Å²) in [6.07, 6.45) is 0. The average molecular weight is 407 g/mol. The largest absolute Gasteiger partial charge is 0.497 e. The van der Waals surface area contributed by atoms with Gasteiger partial charge in [0.1, 0.15) is 16.4 Å². The first-order valence-electron chi connectivity index (χ1n) is 8.79. The van der Waals surface area contributed by atoms with Gasteiger partial charge in [-0.25, -0.2) is 0 Å². The van der Waals surface area contributed by atoms with Gasteiger partial charge in [-0.1, -0.05) is 12.1 Å².